The molecule has 0 bridgehead atoms. The van der Waals surface area contributed by atoms with Crippen LogP contribution in [0.3, 0.4) is 0 Å². The molecule has 1 atom stereocenters. The molecule has 0 spiro atoms. The first-order chi connectivity index (χ1) is 10.4. The first-order valence-corrected chi connectivity index (χ1v) is 7.90. The summed E-state index contributed by atoms with van der Waals surface area (Å²) in [5, 5.41) is 0.359. The van der Waals surface area contributed by atoms with E-state index in [0.717, 1.165) is 28.1 Å². The van der Waals surface area contributed by atoms with E-state index in [1.165, 1.54) is 0 Å². The SMILES string of the molecule is Cc1ncc(C(Cl)c2ccc(Cl)cc2)c2c1OC(C)(C)OC2. The number of rotatable bonds is 2. The number of aryl methyl sites for hydroxylation is 1. The number of hydrogen-bond donors (Lipinski definition) is 0. The molecule has 1 aromatic heterocycles. The summed E-state index contributed by atoms with van der Waals surface area (Å²) in [6.07, 6.45) is 1.80. The molecule has 116 valence electrons. The summed E-state index contributed by atoms with van der Waals surface area (Å²) in [6, 6.07) is 7.49. The highest BCUT2D eigenvalue weighted by Gasteiger charge is 2.32. The van der Waals surface area contributed by atoms with E-state index in [-0.39, 0.29) is 5.38 Å². The first kappa shape index (κ1) is 15.6. The number of fused-ring (bicyclic) bond motifs is 1. The zero-order valence-electron chi connectivity index (χ0n) is 12.7. The molecule has 2 aromatic rings. The smallest absolute Gasteiger partial charge is 0.205 e. The largest absolute Gasteiger partial charge is 0.461 e. The monoisotopic (exact) mass is 337 g/mol. The standard InChI is InChI=1S/C17H17Cl2NO2/c1-10-16-14(9-21-17(2,3)22-16)13(8-20-10)15(19)11-4-6-12(18)7-5-11/h4-8,15H,9H2,1-3H3. The van der Waals surface area contributed by atoms with Crippen LogP contribution in [0.4, 0.5) is 0 Å². The van der Waals surface area contributed by atoms with Crippen molar-refractivity contribution in [3.8, 4) is 5.75 Å². The van der Waals surface area contributed by atoms with E-state index in [4.69, 9.17) is 32.7 Å². The van der Waals surface area contributed by atoms with Crippen molar-refractivity contribution < 1.29 is 9.47 Å². The van der Waals surface area contributed by atoms with Crippen molar-refractivity contribution in [1.29, 1.82) is 0 Å². The van der Waals surface area contributed by atoms with E-state index in [0.29, 0.717) is 11.6 Å². The molecule has 1 unspecified atom stereocenters. The Balaban J connectivity index is 2.03. The van der Waals surface area contributed by atoms with Gasteiger partial charge in [0, 0.05) is 36.2 Å². The summed E-state index contributed by atoms with van der Waals surface area (Å²) in [4.78, 5) is 4.43. The molecule has 0 N–H and O–H groups in total. The number of nitrogens with zero attached hydrogens (tertiary/aromatic N) is 1. The van der Waals surface area contributed by atoms with Gasteiger partial charge in [0.15, 0.2) is 0 Å². The Morgan fingerprint density at radius 1 is 1.23 bits per heavy atom. The zero-order valence-corrected chi connectivity index (χ0v) is 14.2. The summed E-state index contributed by atoms with van der Waals surface area (Å²) in [5.74, 6) is 0.119. The highest BCUT2D eigenvalue weighted by molar-refractivity contribution is 6.30. The van der Waals surface area contributed by atoms with Gasteiger partial charge in [0.25, 0.3) is 0 Å². The molecule has 0 amide bonds. The summed E-state index contributed by atoms with van der Waals surface area (Å²) in [7, 11) is 0. The minimum Gasteiger partial charge on any atom is -0.461 e. The minimum atomic E-state index is -0.653. The molecular formula is C17H17Cl2NO2. The van der Waals surface area contributed by atoms with E-state index in [1.54, 1.807) is 6.20 Å². The fraction of sp³-hybridized carbons (Fsp3) is 0.353. The maximum absolute atomic E-state index is 6.65. The van der Waals surface area contributed by atoms with Gasteiger partial charge in [-0.2, -0.15) is 0 Å². The van der Waals surface area contributed by atoms with Crippen molar-refractivity contribution in [2.24, 2.45) is 0 Å². The van der Waals surface area contributed by atoms with Crippen molar-refractivity contribution in [2.75, 3.05) is 0 Å². The van der Waals surface area contributed by atoms with Crippen LogP contribution in [0.15, 0.2) is 30.5 Å². The molecule has 0 radical (unpaired) electrons. The molecule has 1 aliphatic heterocycles. The normalized spacial score (nSPS) is 17.5. The number of alkyl halides is 1. The lowest BCUT2D eigenvalue weighted by Gasteiger charge is -2.34. The molecule has 0 aliphatic carbocycles. The first-order valence-electron chi connectivity index (χ1n) is 7.08. The Hall–Kier alpha value is -1.29. The van der Waals surface area contributed by atoms with Gasteiger partial charge in [-0.05, 0) is 24.6 Å². The van der Waals surface area contributed by atoms with Gasteiger partial charge >= 0.3 is 0 Å². The summed E-state index contributed by atoms with van der Waals surface area (Å²) in [5.41, 5.74) is 3.67. The van der Waals surface area contributed by atoms with Crippen LogP contribution >= 0.6 is 23.2 Å². The number of hydrogen-bond acceptors (Lipinski definition) is 3. The fourth-order valence-corrected chi connectivity index (χ4v) is 2.95. The lowest BCUT2D eigenvalue weighted by Crippen LogP contribution is -2.36. The van der Waals surface area contributed by atoms with Gasteiger partial charge < -0.3 is 9.47 Å². The second-order valence-electron chi connectivity index (χ2n) is 5.81. The molecular weight excluding hydrogens is 321 g/mol. The van der Waals surface area contributed by atoms with Crippen LogP contribution in [0.2, 0.25) is 5.02 Å². The predicted octanol–water partition coefficient (Wildman–Crippen LogP) is 5.02. The average Bonchev–Trinajstić information content (AvgIpc) is 2.48. The Bertz CT molecular complexity index is 699. The van der Waals surface area contributed by atoms with Crippen LogP contribution < -0.4 is 4.74 Å². The molecule has 22 heavy (non-hydrogen) atoms. The van der Waals surface area contributed by atoms with E-state index in [2.05, 4.69) is 4.98 Å². The molecule has 1 aliphatic rings. The van der Waals surface area contributed by atoms with Crippen LogP contribution in [-0.4, -0.2) is 10.8 Å². The van der Waals surface area contributed by atoms with Crippen molar-refractivity contribution in [1.82, 2.24) is 4.98 Å². The fourth-order valence-electron chi connectivity index (χ4n) is 2.49. The van der Waals surface area contributed by atoms with Crippen molar-refractivity contribution in [2.45, 2.75) is 38.5 Å². The van der Waals surface area contributed by atoms with Crippen molar-refractivity contribution in [3.63, 3.8) is 0 Å². The van der Waals surface area contributed by atoms with Gasteiger partial charge in [-0.1, -0.05) is 23.7 Å². The highest BCUT2D eigenvalue weighted by Crippen LogP contribution is 2.40. The second kappa shape index (κ2) is 5.73. The topological polar surface area (TPSA) is 31.4 Å². The third-order valence-electron chi connectivity index (χ3n) is 3.70. The van der Waals surface area contributed by atoms with Gasteiger partial charge in [0.1, 0.15) is 5.75 Å². The molecule has 1 aromatic carbocycles. The highest BCUT2D eigenvalue weighted by atomic mass is 35.5. The molecule has 3 rings (SSSR count). The third kappa shape index (κ3) is 2.94. The van der Waals surface area contributed by atoms with Crippen LogP contribution in [0, 0.1) is 6.92 Å². The number of ether oxygens (including phenoxy) is 2. The second-order valence-corrected chi connectivity index (χ2v) is 6.68. The summed E-state index contributed by atoms with van der Waals surface area (Å²) in [6.45, 7) is 6.16. The van der Waals surface area contributed by atoms with Crippen LogP contribution in [-0.2, 0) is 11.3 Å². The van der Waals surface area contributed by atoms with E-state index in [9.17, 15) is 0 Å². The van der Waals surface area contributed by atoms with Crippen LogP contribution in [0.1, 0.15) is 41.6 Å². The van der Waals surface area contributed by atoms with E-state index >= 15 is 0 Å². The number of aromatic nitrogens is 1. The van der Waals surface area contributed by atoms with Crippen molar-refractivity contribution in [3.05, 3.63) is 57.9 Å². The quantitative estimate of drug-likeness (QED) is 0.721. The average molecular weight is 338 g/mol. The van der Waals surface area contributed by atoms with Gasteiger partial charge in [-0.25, -0.2) is 0 Å². The van der Waals surface area contributed by atoms with Crippen LogP contribution in [0.5, 0.6) is 5.75 Å². The number of benzene rings is 1. The lowest BCUT2D eigenvalue weighted by molar-refractivity contribution is -0.180. The Morgan fingerprint density at radius 2 is 1.91 bits per heavy atom. The molecule has 0 fully saturated rings. The van der Waals surface area contributed by atoms with Gasteiger partial charge in [0.2, 0.25) is 5.79 Å². The lowest BCUT2D eigenvalue weighted by atomic mass is 9.99. The maximum Gasteiger partial charge on any atom is 0.205 e. The zero-order chi connectivity index (χ0) is 15.9. The summed E-state index contributed by atoms with van der Waals surface area (Å²) < 4.78 is 11.7. The Kier molecular flexibility index (Phi) is 4.06. The number of halogens is 2. The van der Waals surface area contributed by atoms with E-state index in [1.807, 2.05) is 45.0 Å². The minimum absolute atomic E-state index is 0.326. The van der Waals surface area contributed by atoms with Crippen LogP contribution in [0.25, 0.3) is 0 Å². The molecule has 2 heterocycles. The van der Waals surface area contributed by atoms with Crippen molar-refractivity contribution >= 4 is 23.2 Å². The van der Waals surface area contributed by atoms with E-state index < -0.39 is 5.79 Å². The van der Waals surface area contributed by atoms with Gasteiger partial charge in [-0.15, -0.1) is 11.6 Å². The Morgan fingerprint density at radius 3 is 2.59 bits per heavy atom. The number of pyridine rings is 1. The molecule has 0 saturated carbocycles. The maximum atomic E-state index is 6.65. The van der Waals surface area contributed by atoms with Gasteiger partial charge in [-0.3, -0.25) is 4.98 Å². The predicted molar refractivity (Wildman–Crippen MR) is 87.6 cm³/mol. The Labute approximate surface area is 140 Å². The summed E-state index contributed by atoms with van der Waals surface area (Å²) >= 11 is 12.6. The molecule has 3 nitrogen and oxygen atoms in total. The molecule has 0 saturated heterocycles. The molecule has 5 heteroatoms. The third-order valence-corrected chi connectivity index (χ3v) is 4.44. The van der Waals surface area contributed by atoms with Gasteiger partial charge in [0.05, 0.1) is 17.7 Å².